The predicted octanol–water partition coefficient (Wildman–Crippen LogP) is 3.98. The van der Waals surface area contributed by atoms with E-state index in [0.29, 0.717) is 22.5 Å². The van der Waals surface area contributed by atoms with Gasteiger partial charge in [-0.3, -0.25) is 14.6 Å². The maximum Gasteiger partial charge on any atom is 0.350 e. The molecule has 0 unspecified atom stereocenters. The molecule has 2 heterocycles. The number of anilines is 2. The molecule has 1 aromatic heterocycles. The lowest BCUT2D eigenvalue weighted by molar-refractivity contribution is 0.0963. The van der Waals surface area contributed by atoms with Gasteiger partial charge in [0.2, 0.25) is 0 Å². The van der Waals surface area contributed by atoms with Gasteiger partial charge in [-0.1, -0.05) is 30.3 Å². The molecule has 1 aliphatic heterocycles. The Hall–Kier alpha value is -4.80. The summed E-state index contributed by atoms with van der Waals surface area (Å²) in [7, 11) is 3.05. The van der Waals surface area contributed by atoms with Crippen LogP contribution in [-0.4, -0.2) is 46.4 Å². The van der Waals surface area contributed by atoms with E-state index in [0.717, 1.165) is 0 Å². The van der Waals surface area contributed by atoms with Crippen molar-refractivity contribution < 1.29 is 18.4 Å². The number of amides is 3. The van der Waals surface area contributed by atoms with E-state index < -0.39 is 12.5 Å². The van der Waals surface area contributed by atoms with Gasteiger partial charge in [0.15, 0.2) is 0 Å². The molecule has 3 amide bonds. The molecule has 1 saturated heterocycles. The molecule has 1 aliphatic rings. The summed E-state index contributed by atoms with van der Waals surface area (Å²) in [6, 6.07) is 17.5. The Morgan fingerprint density at radius 1 is 0.947 bits per heavy atom. The Bertz CT molecular complexity index is 1580. The summed E-state index contributed by atoms with van der Waals surface area (Å²) >= 11 is 0. The average molecular weight is 519 g/mol. The van der Waals surface area contributed by atoms with E-state index >= 15 is 0 Å². The van der Waals surface area contributed by atoms with E-state index in [1.165, 1.54) is 45.5 Å². The maximum absolute atomic E-state index is 14.5. The summed E-state index contributed by atoms with van der Waals surface area (Å²) in [5, 5.41) is 6.47. The van der Waals surface area contributed by atoms with Crippen LogP contribution in [0, 0.1) is 0 Å². The Balaban J connectivity index is 1.48. The number of hydrogen-bond donors (Lipinski definition) is 1. The third-order valence-corrected chi connectivity index (χ3v) is 6.53. The second-order valence-corrected chi connectivity index (χ2v) is 8.71. The minimum Gasteiger partial charge on any atom is -0.355 e. The van der Waals surface area contributed by atoms with Gasteiger partial charge in [-0.2, -0.15) is 5.10 Å². The zero-order valence-corrected chi connectivity index (χ0v) is 20.6. The van der Waals surface area contributed by atoms with Crippen molar-refractivity contribution in [2.24, 2.45) is 7.05 Å². The molecule has 1 N–H and O–H groups in total. The van der Waals surface area contributed by atoms with E-state index in [1.54, 1.807) is 60.7 Å². The number of nitrogens with one attached hydrogen (secondary N) is 1. The Morgan fingerprint density at radius 2 is 1.66 bits per heavy atom. The minimum absolute atomic E-state index is 0.125. The van der Waals surface area contributed by atoms with Crippen LogP contribution in [0.15, 0.2) is 77.9 Å². The fraction of sp³-hybridized carbons (Fsp3) is 0.185. The Morgan fingerprint density at radius 3 is 2.32 bits per heavy atom. The lowest BCUT2D eigenvalue weighted by Crippen LogP contribution is -2.32. The van der Waals surface area contributed by atoms with Crippen LogP contribution in [0.2, 0.25) is 0 Å². The zero-order valence-electron chi connectivity index (χ0n) is 20.6. The van der Waals surface area contributed by atoms with Crippen molar-refractivity contribution in [2.75, 3.05) is 29.9 Å². The van der Waals surface area contributed by atoms with Crippen molar-refractivity contribution >= 4 is 23.3 Å². The van der Waals surface area contributed by atoms with Crippen molar-refractivity contribution in [3.05, 3.63) is 94.7 Å². The number of rotatable bonds is 6. The number of carbonyl (C=O) groups excluding carboxylic acids is 2. The van der Waals surface area contributed by atoms with E-state index in [2.05, 4.69) is 10.4 Å². The van der Waals surface area contributed by atoms with Crippen LogP contribution >= 0.6 is 0 Å². The van der Waals surface area contributed by atoms with E-state index in [-0.39, 0.29) is 41.5 Å². The van der Waals surface area contributed by atoms with Gasteiger partial charge in [0.25, 0.3) is 12.3 Å². The van der Waals surface area contributed by atoms with Crippen LogP contribution < -0.4 is 20.8 Å². The molecule has 0 spiro atoms. The number of hydrogen-bond acceptors (Lipinski definition) is 4. The first-order valence-corrected chi connectivity index (χ1v) is 11.8. The van der Waals surface area contributed by atoms with Gasteiger partial charge < -0.3 is 5.32 Å². The molecule has 0 saturated carbocycles. The largest absolute Gasteiger partial charge is 0.355 e. The standard InChI is InChI=1S/C27H24F2N6O3/c1-30-25(36)18-5-3-6-20(15-18)33-13-14-34(27(33)38)22-8-4-7-21(23(22)24(28)29)17-9-11-19(12-10-17)35-16-31-32(2)26(35)37/h3-12,15-16,24H,13-14H2,1-2H3,(H,30,36). The van der Waals surface area contributed by atoms with Gasteiger partial charge in [-0.05, 0) is 47.5 Å². The van der Waals surface area contributed by atoms with E-state index in [4.69, 9.17) is 0 Å². The number of alkyl halides is 2. The van der Waals surface area contributed by atoms with E-state index in [1.807, 2.05) is 0 Å². The van der Waals surface area contributed by atoms with Crippen molar-refractivity contribution in [3.63, 3.8) is 0 Å². The number of aryl methyl sites for hydroxylation is 1. The summed E-state index contributed by atoms with van der Waals surface area (Å²) in [5.41, 5.74) is 1.79. The second-order valence-electron chi connectivity index (χ2n) is 8.71. The first-order chi connectivity index (χ1) is 18.3. The Kier molecular flexibility index (Phi) is 6.50. The fourth-order valence-corrected chi connectivity index (χ4v) is 4.59. The van der Waals surface area contributed by atoms with Gasteiger partial charge in [0, 0.05) is 44.0 Å². The first kappa shape index (κ1) is 24.9. The van der Waals surface area contributed by atoms with Crippen LogP contribution in [0.25, 0.3) is 16.8 Å². The highest BCUT2D eigenvalue weighted by molar-refractivity contribution is 6.07. The van der Waals surface area contributed by atoms with Crippen molar-refractivity contribution in [2.45, 2.75) is 6.43 Å². The van der Waals surface area contributed by atoms with E-state index in [9.17, 15) is 23.2 Å². The second kappa shape index (κ2) is 9.92. The molecule has 3 aromatic carbocycles. The number of aromatic nitrogens is 3. The highest BCUT2D eigenvalue weighted by Crippen LogP contribution is 2.40. The van der Waals surface area contributed by atoms with Crippen LogP contribution in [0.3, 0.4) is 0 Å². The van der Waals surface area contributed by atoms with Gasteiger partial charge in [-0.25, -0.2) is 27.6 Å². The number of urea groups is 1. The highest BCUT2D eigenvalue weighted by Gasteiger charge is 2.34. The van der Waals surface area contributed by atoms with Gasteiger partial charge in [0.1, 0.15) is 6.33 Å². The summed E-state index contributed by atoms with van der Waals surface area (Å²) < 4.78 is 31.5. The highest BCUT2D eigenvalue weighted by atomic mass is 19.3. The lowest BCUT2D eigenvalue weighted by atomic mass is 9.97. The van der Waals surface area contributed by atoms with Gasteiger partial charge >= 0.3 is 11.7 Å². The summed E-state index contributed by atoms with van der Waals surface area (Å²) in [6.07, 6.45) is -1.46. The van der Waals surface area contributed by atoms with Gasteiger partial charge in [0.05, 0.1) is 11.4 Å². The number of benzene rings is 3. The molecule has 11 heteroatoms. The molecule has 0 radical (unpaired) electrons. The molecule has 194 valence electrons. The summed E-state index contributed by atoms with van der Waals surface area (Å²) in [5.74, 6) is -0.289. The number of carbonyl (C=O) groups is 2. The predicted molar refractivity (Wildman–Crippen MR) is 139 cm³/mol. The molecule has 0 atom stereocenters. The monoisotopic (exact) mass is 518 g/mol. The van der Waals surface area contributed by atoms with Crippen molar-refractivity contribution in [1.29, 1.82) is 0 Å². The third-order valence-electron chi connectivity index (χ3n) is 6.53. The van der Waals surface area contributed by atoms with Crippen molar-refractivity contribution in [1.82, 2.24) is 19.7 Å². The number of halogens is 2. The van der Waals surface area contributed by atoms with Crippen LogP contribution in [0.1, 0.15) is 22.3 Å². The number of nitrogens with zero attached hydrogens (tertiary/aromatic N) is 5. The molecule has 4 aromatic rings. The SMILES string of the molecule is CNC(=O)c1cccc(N2CCN(c3cccc(-c4ccc(-n5cnn(C)c5=O)cc4)c3C(F)F)C2=O)c1. The van der Waals surface area contributed by atoms with Gasteiger partial charge in [-0.15, -0.1) is 0 Å². The smallest absolute Gasteiger partial charge is 0.350 e. The fourth-order valence-electron chi connectivity index (χ4n) is 4.59. The molecule has 9 nitrogen and oxygen atoms in total. The molecular formula is C27H24F2N6O3. The molecule has 0 bridgehead atoms. The summed E-state index contributed by atoms with van der Waals surface area (Å²) in [4.78, 5) is 40.4. The minimum atomic E-state index is -2.85. The maximum atomic E-state index is 14.5. The quantitative estimate of drug-likeness (QED) is 0.418. The summed E-state index contributed by atoms with van der Waals surface area (Å²) in [6.45, 7) is 0.479. The lowest BCUT2D eigenvalue weighted by Gasteiger charge is -2.23. The molecule has 38 heavy (non-hydrogen) atoms. The Labute approximate surface area is 216 Å². The van der Waals surface area contributed by atoms with Crippen LogP contribution in [0.5, 0.6) is 0 Å². The topological polar surface area (TPSA) is 92.5 Å². The first-order valence-electron chi connectivity index (χ1n) is 11.8. The normalized spacial score (nSPS) is 13.4. The van der Waals surface area contributed by atoms with Crippen LogP contribution in [-0.2, 0) is 7.05 Å². The molecular weight excluding hydrogens is 494 g/mol. The van der Waals surface area contributed by atoms with Crippen LogP contribution in [0.4, 0.5) is 25.0 Å². The molecule has 0 aliphatic carbocycles. The molecule has 5 rings (SSSR count). The third kappa shape index (κ3) is 4.32. The van der Waals surface area contributed by atoms with Crippen molar-refractivity contribution in [3.8, 4) is 16.8 Å². The average Bonchev–Trinajstić information content (AvgIpc) is 3.49. The molecule has 1 fully saturated rings. The zero-order chi connectivity index (χ0) is 27.0.